The van der Waals surface area contributed by atoms with Crippen LogP contribution in [0.3, 0.4) is 0 Å². The third-order valence-electron chi connectivity index (χ3n) is 4.44. The maximum atomic E-state index is 12.6. The Morgan fingerprint density at radius 1 is 1.03 bits per heavy atom. The van der Waals surface area contributed by atoms with E-state index in [4.69, 9.17) is 0 Å². The Morgan fingerprint density at radius 2 is 1.79 bits per heavy atom. The number of esters is 1. The average molecular weight is 390 g/mol. The number of hydrogen-bond donors (Lipinski definition) is 2. The molecule has 0 aliphatic carbocycles. The number of amides is 1. The standard InChI is InChI=1S/C22H22N4O3/c1-4-15-7-5-6-14(2)20(15)26-21(27)18-12-24-19(13-23-18)25-17-10-8-16(9-11-17)22(28)29-3/h5-13H,4H2,1-3H3,(H,24,25)(H,26,27). The second-order valence-electron chi connectivity index (χ2n) is 6.40. The molecule has 0 unspecified atom stereocenters. The van der Waals surface area contributed by atoms with Crippen molar-refractivity contribution in [2.24, 2.45) is 0 Å². The molecule has 0 fully saturated rings. The van der Waals surface area contributed by atoms with Crippen molar-refractivity contribution in [3.63, 3.8) is 0 Å². The van der Waals surface area contributed by atoms with Gasteiger partial charge >= 0.3 is 5.97 Å². The van der Waals surface area contributed by atoms with Crippen molar-refractivity contribution in [1.29, 1.82) is 0 Å². The zero-order chi connectivity index (χ0) is 20.8. The molecular formula is C22H22N4O3. The lowest BCUT2D eigenvalue weighted by molar-refractivity contribution is 0.0600. The van der Waals surface area contributed by atoms with Crippen LogP contribution in [-0.4, -0.2) is 29.0 Å². The molecule has 0 atom stereocenters. The van der Waals surface area contributed by atoms with E-state index < -0.39 is 5.97 Å². The summed E-state index contributed by atoms with van der Waals surface area (Å²) in [6, 6.07) is 12.7. The molecular weight excluding hydrogens is 368 g/mol. The van der Waals surface area contributed by atoms with Gasteiger partial charge in [0, 0.05) is 11.4 Å². The summed E-state index contributed by atoms with van der Waals surface area (Å²) in [6.45, 7) is 4.00. The van der Waals surface area contributed by atoms with Crippen LogP contribution >= 0.6 is 0 Å². The van der Waals surface area contributed by atoms with E-state index in [0.717, 1.165) is 28.9 Å². The van der Waals surface area contributed by atoms with Crippen molar-refractivity contribution in [3.8, 4) is 0 Å². The number of methoxy groups -OCH3 is 1. The quantitative estimate of drug-likeness (QED) is 0.615. The van der Waals surface area contributed by atoms with Crippen molar-refractivity contribution < 1.29 is 14.3 Å². The molecule has 1 amide bonds. The van der Waals surface area contributed by atoms with Crippen LogP contribution in [0.5, 0.6) is 0 Å². The zero-order valence-electron chi connectivity index (χ0n) is 16.5. The van der Waals surface area contributed by atoms with Crippen LogP contribution in [0.25, 0.3) is 0 Å². The predicted molar refractivity (Wildman–Crippen MR) is 112 cm³/mol. The minimum Gasteiger partial charge on any atom is -0.465 e. The lowest BCUT2D eigenvalue weighted by Gasteiger charge is -2.12. The average Bonchev–Trinajstić information content (AvgIpc) is 2.75. The highest BCUT2D eigenvalue weighted by molar-refractivity contribution is 6.03. The monoisotopic (exact) mass is 390 g/mol. The molecule has 1 heterocycles. The number of ether oxygens (including phenoxy) is 1. The number of hydrogen-bond acceptors (Lipinski definition) is 6. The molecule has 1 aromatic heterocycles. The highest BCUT2D eigenvalue weighted by Gasteiger charge is 2.12. The van der Waals surface area contributed by atoms with Crippen molar-refractivity contribution in [2.45, 2.75) is 20.3 Å². The smallest absolute Gasteiger partial charge is 0.337 e. The van der Waals surface area contributed by atoms with E-state index in [2.05, 4.69) is 25.3 Å². The number of aryl methyl sites for hydroxylation is 2. The molecule has 3 rings (SSSR count). The zero-order valence-corrected chi connectivity index (χ0v) is 16.5. The largest absolute Gasteiger partial charge is 0.465 e. The van der Waals surface area contributed by atoms with E-state index in [9.17, 15) is 9.59 Å². The predicted octanol–water partition coefficient (Wildman–Crippen LogP) is 4.13. The molecule has 0 radical (unpaired) electrons. The Hall–Kier alpha value is -3.74. The van der Waals surface area contributed by atoms with Crippen molar-refractivity contribution in [1.82, 2.24) is 9.97 Å². The van der Waals surface area contributed by atoms with Crippen LogP contribution in [0, 0.1) is 6.92 Å². The normalized spacial score (nSPS) is 10.3. The van der Waals surface area contributed by atoms with Crippen LogP contribution < -0.4 is 10.6 Å². The summed E-state index contributed by atoms with van der Waals surface area (Å²) in [7, 11) is 1.34. The molecule has 7 nitrogen and oxygen atoms in total. The van der Waals surface area contributed by atoms with Crippen LogP contribution in [0.2, 0.25) is 0 Å². The highest BCUT2D eigenvalue weighted by Crippen LogP contribution is 2.22. The SMILES string of the molecule is CCc1cccc(C)c1NC(=O)c1cnc(Nc2ccc(C(=O)OC)cc2)cn1. The van der Waals surface area contributed by atoms with Gasteiger partial charge in [-0.2, -0.15) is 0 Å². The third kappa shape index (κ3) is 4.76. The van der Waals surface area contributed by atoms with Gasteiger partial charge in [-0.15, -0.1) is 0 Å². The van der Waals surface area contributed by atoms with Gasteiger partial charge in [0.1, 0.15) is 11.5 Å². The Kier molecular flexibility index (Phi) is 6.19. The number of anilines is 3. The fourth-order valence-corrected chi connectivity index (χ4v) is 2.84. The summed E-state index contributed by atoms with van der Waals surface area (Å²) >= 11 is 0. The van der Waals surface area contributed by atoms with Gasteiger partial charge in [-0.25, -0.2) is 14.8 Å². The van der Waals surface area contributed by atoms with Crippen LogP contribution in [-0.2, 0) is 11.2 Å². The fraction of sp³-hybridized carbons (Fsp3) is 0.182. The minimum absolute atomic E-state index is 0.224. The number of nitrogens with one attached hydrogen (secondary N) is 2. The van der Waals surface area contributed by atoms with Gasteiger partial charge < -0.3 is 15.4 Å². The Balaban J connectivity index is 1.68. The first-order valence-corrected chi connectivity index (χ1v) is 9.19. The fourth-order valence-electron chi connectivity index (χ4n) is 2.84. The first kappa shape index (κ1) is 20.0. The lowest BCUT2D eigenvalue weighted by atomic mass is 10.1. The van der Waals surface area contributed by atoms with E-state index in [1.165, 1.54) is 19.5 Å². The maximum absolute atomic E-state index is 12.6. The number of nitrogens with zero attached hydrogens (tertiary/aromatic N) is 2. The Bertz CT molecular complexity index is 1020. The molecule has 0 saturated carbocycles. The maximum Gasteiger partial charge on any atom is 0.337 e. The van der Waals surface area contributed by atoms with Gasteiger partial charge in [0.2, 0.25) is 0 Å². The number of para-hydroxylation sites is 1. The van der Waals surface area contributed by atoms with Gasteiger partial charge in [0.25, 0.3) is 5.91 Å². The first-order chi connectivity index (χ1) is 14.0. The second-order valence-corrected chi connectivity index (χ2v) is 6.40. The number of carbonyl (C=O) groups is 2. The van der Waals surface area contributed by atoms with Crippen molar-refractivity contribution in [2.75, 3.05) is 17.7 Å². The third-order valence-corrected chi connectivity index (χ3v) is 4.44. The topological polar surface area (TPSA) is 93.2 Å². The number of rotatable bonds is 6. The number of benzene rings is 2. The number of carbonyl (C=O) groups excluding carboxylic acids is 2. The van der Waals surface area contributed by atoms with E-state index >= 15 is 0 Å². The summed E-state index contributed by atoms with van der Waals surface area (Å²) in [6.07, 6.45) is 3.73. The molecule has 0 aliphatic rings. The van der Waals surface area contributed by atoms with Gasteiger partial charge in [-0.3, -0.25) is 4.79 Å². The van der Waals surface area contributed by atoms with Crippen LogP contribution in [0.4, 0.5) is 17.2 Å². The molecule has 0 saturated heterocycles. The molecule has 7 heteroatoms. The summed E-state index contributed by atoms with van der Waals surface area (Å²) in [4.78, 5) is 32.5. The molecule has 0 spiro atoms. The summed E-state index contributed by atoms with van der Waals surface area (Å²) in [5.41, 5.74) is 4.30. The van der Waals surface area contributed by atoms with Gasteiger partial charge in [-0.05, 0) is 48.7 Å². The molecule has 29 heavy (non-hydrogen) atoms. The summed E-state index contributed by atoms with van der Waals surface area (Å²) in [5, 5.41) is 6.01. The van der Waals surface area contributed by atoms with Gasteiger partial charge in [0.15, 0.2) is 0 Å². The van der Waals surface area contributed by atoms with Crippen molar-refractivity contribution >= 4 is 29.1 Å². The minimum atomic E-state index is -0.397. The Labute approximate surface area is 169 Å². The molecule has 2 N–H and O–H groups in total. The molecule has 0 bridgehead atoms. The van der Waals surface area contributed by atoms with E-state index in [1.54, 1.807) is 24.3 Å². The molecule has 2 aromatic carbocycles. The molecule has 0 aliphatic heterocycles. The summed E-state index contributed by atoms with van der Waals surface area (Å²) in [5.74, 6) is -0.223. The lowest BCUT2D eigenvalue weighted by Crippen LogP contribution is -2.16. The van der Waals surface area contributed by atoms with Gasteiger partial charge in [0.05, 0.1) is 25.1 Å². The first-order valence-electron chi connectivity index (χ1n) is 9.19. The molecule has 148 valence electrons. The Morgan fingerprint density at radius 3 is 2.41 bits per heavy atom. The van der Waals surface area contributed by atoms with Crippen LogP contribution in [0.15, 0.2) is 54.9 Å². The summed E-state index contributed by atoms with van der Waals surface area (Å²) < 4.78 is 4.67. The van der Waals surface area contributed by atoms with Crippen molar-refractivity contribution in [3.05, 3.63) is 77.2 Å². The number of aromatic nitrogens is 2. The van der Waals surface area contributed by atoms with E-state index in [0.29, 0.717) is 11.4 Å². The van der Waals surface area contributed by atoms with Crippen LogP contribution in [0.1, 0.15) is 38.9 Å². The highest BCUT2D eigenvalue weighted by atomic mass is 16.5. The molecule has 3 aromatic rings. The van der Waals surface area contributed by atoms with E-state index in [-0.39, 0.29) is 11.6 Å². The van der Waals surface area contributed by atoms with E-state index in [1.807, 2.05) is 32.0 Å². The second kappa shape index (κ2) is 8.97. The van der Waals surface area contributed by atoms with Gasteiger partial charge in [-0.1, -0.05) is 25.1 Å².